The van der Waals surface area contributed by atoms with Crippen molar-refractivity contribution in [2.45, 2.75) is 43.1 Å². The fraction of sp³-hybridized carbons (Fsp3) is 0.579. The molecule has 3 fully saturated rings. The zero-order valence-electron chi connectivity index (χ0n) is 16.2. The summed E-state index contributed by atoms with van der Waals surface area (Å²) in [5.74, 6) is -3.44. The highest BCUT2D eigenvalue weighted by Gasteiger charge is 2.64. The number of nitrogens with zero attached hydrogens (tertiary/aromatic N) is 2. The standard InChI is InChI=1S/C19H20ClF5N4O2/c20-13-3-10(4-14(21)17(13)22)26-15(30)8-28-6-12-5-11(28)7-29(12)9-16(31)27-18(1-2-18)19(23,24)25/h3-4,11-12H,1-2,5-9H2,(H,26,30)(H,27,31)/t11-,12-/m0/s1. The zero-order valence-corrected chi connectivity index (χ0v) is 17.0. The molecule has 2 N–H and O–H groups in total. The third kappa shape index (κ3) is 4.49. The van der Waals surface area contributed by atoms with Gasteiger partial charge < -0.3 is 10.6 Å². The van der Waals surface area contributed by atoms with Crippen LogP contribution in [0.5, 0.6) is 0 Å². The van der Waals surface area contributed by atoms with Crippen molar-refractivity contribution in [3.8, 4) is 0 Å². The number of likely N-dealkylation sites (tertiary alicyclic amines) is 2. The summed E-state index contributed by atoms with van der Waals surface area (Å²) in [6, 6.07) is 1.89. The average molecular weight is 467 g/mol. The van der Waals surface area contributed by atoms with E-state index >= 15 is 0 Å². The summed E-state index contributed by atoms with van der Waals surface area (Å²) in [5.41, 5.74) is -2.04. The Hall–Kier alpha value is -1.98. The largest absolute Gasteiger partial charge is 0.411 e. The Balaban J connectivity index is 1.26. The Morgan fingerprint density at radius 3 is 2.13 bits per heavy atom. The van der Waals surface area contributed by atoms with E-state index in [2.05, 4.69) is 10.6 Å². The second kappa shape index (κ2) is 7.86. The Morgan fingerprint density at radius 2 is 1.65 bits per heavy atom. The molecule has 2 atom stereocenters. The lowest BCUT2D eigenvalue weighted by molar-refractivity contribution is -0.170. The van der Waals surface area contributed by atoms with Gasteiger partial charge in [-0.05, 0) is 25.3 Å². The van der Waals surface area contributed by atoms with Gasteiger partial charge in [-0.1, -0.05) is 11.6 Å². The van der Waals surface area contributed by atoms with Gasteiger partial charge in [-0.25, -0.2) is 8.78 Å². The summed E-state index contributed by atoms with van der Waals surface area (Å²) in [6.07, 6.45) is -3.95. The van der Waals surface area contributed by atoms with E-state index in [9.17, 15) is 31.5 Å². The first-order chi connectivity index (χ1) is 14.5. The molecule has 1 aromatic rings. The Bertz CT molecular complexity index is 885. The van der Waals surface area contributed by atoms with Crippen molar-refractivity contribution in [3.63, 3.8) is 0 Å². The van der Waals surface area contributed by atoms with Gasteiger partial charge >= 0.3 is 6.18 Å². The number of hydrogen-bond acceptors (Lipinski definition) is 4. The van der Waals surface area contributed by atoms with Gasteiger partial charge in [0.15, 0.2) is 11.6 Å². The molecule has 0 unspecified atom stereocenters. The minimum atomic E-state index is -4.45. The number of halogens is 6. The van der Waals surface area contributed by atoms with Crippen LogP contribution in [0.25, 0.3) is 0 Å². The molecular formula is C19H20ClF5N4O2. The highest BCUT2D eigenvalue weighted by atomic mass is 35.5. The number of amides is 2. The summed E-state index contributed by atoms with van der Waals surface area (Å²) < 4.78 is 65.6. The van der Waals surface area contributed by atoms with E-state index in [-0.39, 0.29) is 43.7 Å². The summed E-state index contributed by atoms with van der Waals surface area (Å²) in [4.78, 5) is 28.1. The summed E-state index contributed by atoms with van der Waals surface area (Å²) in [5, 5.41) is 4.16. The van der Waals surface area contributed by atoms with Crippen LogP contribution in [0.1, 0.15) is 19.3 Å². The highest BCUT2D eigenvalue weighted by Crippen LogP contribution is 2.48. The van der Waals surface area contributed by atoms with Gasteiger partial charge in [0.1, 0.15) is 5.54 Å². The van der Waals surface area contributed by atoms with Gasteiger partial charge in [0.05, 0.1) is 18.1 Å². The smallest absolute Gasteiger partial charge is 0.341 e. The minimum Gasteiger partial charge on any atom is -0.341 e. The maximum absolute atomic E-state index is 13.4. The zero-order chi connectivity index (χ0) is 22.6. The first-order valence-corrected chi connectivity index (χ1v) is 10.2. The highest BCUT2D eigenvalue weighted by molar-refractivity contribution is 6.31. The molecule has 1 aromatic carbocycles. The van der Waals surface area contributed by atoms with Crippen molar-refractivity contribution in [3.05, 3.63) is 28.8 Å². The molecule has 0 aromatic heterocycles. The molecule has 2 amide bonds. The molecule has 170 valence electrons. The van der Waals surface area contributed by atoms with Crippen LogP contribution in [0, 0.1) is 11.6 Å². The molecule has 2 bridgehead atoms. The predicted octanol–water partition coefficient (Wildman–Crippen LogP) is 2.53. The maximum Gasteiger partial charge on any atom is 0.411 e. The maximum atomic E-state index is 13.4. The molecule has 12 heteroatoms. The van der Waals surface area contributed by atoms with Gasteiger partial charge in [0.25, 0.3) is 0 Å². The lowest BCUT2D eigenvalue weighted by Crippen LogP contribution is -2.54. The van der Waals surface area contributed by atoms with E-state index in [0.717, 1.165) is 12.1 Å². The van der Waals surface area contributed by atoms with Crippen LogP contribution >= 0.6 is 11.6 Å². The van der Waals surface area contributed by atoms with Gasteiger partial charge in [0.2, 0.25) is 11.8 Å². The van der Waals surface area contributed by atoms with Crippen LogP contribution < -0.4 is 10.6 Å². The summed E-state index contributed by atoms with van der Waals surface area (Å²) in [7, 11) is 0. The van der Waals surface area contributed by atoms with Crippen LogP contribution in [0.15, 0.2) is 12.1 Å². The predicted molar refractivity (Wildman–Crippen MR) is 101 cm³/mol. The number of anilines is 1. The molecule has 2 heterocycles. The molecule has 1 aliphatic carbocycles. The molecule has 1 saturated carbocycles. The van der Waals surface area contributed by atoms with Crippen molar-refractivity contribution >= 4 is 29.1 Å². The molecule has 31 heavy (non-hydrogen) atoms. The molecule has 0 radical (unpaired) electrons. The number of rotatable bonds is 6. The normalized spacial score (nSPS) is 25.0. The number of hydrogen-bond donors (Lipinski definition) is 2. The van der Waals surface area contributed by atoms with Crippen molar-refractivity contribution in [1.82, 2.24) is 15.1 Å². The van der Waals surface area contributed by atoms with Crippen molar-refractivity contribution in [2.24, 2.45) is 0 Å². The minimum absolute atomic E-state index is 0.00893. The lowest BCUT2D eigenvalue weighted by atomic mass is 10.2. The number of carbonyl (C=O) groups excluding carboxylic acids is 2. The molecule has 2 aliphatic heterocycles. The number of piperazine rings is 1. The molecule has 3 aliphatic rings. The lowest BCUT2D eigenvalue weighted by Gasteiger charge is -2.33. The van der Waals surface area contributed by atoms with E-state index in [4.69, 9.17) is 11.6 Å². The van der Waals surface area contributed by atoms with Crippen LogP contribution in [0.2, 0.25) is 5.02 Å². The van der Waals surface area contributed by atoms with Gasteiger partial charge in [-0.3, -0.25) is 19.4 Å². The van der Waals surface area contributed by atoms with Gasteiger partial charge in [-0.15, -0.1) is 0 Å². The molecular weight excluding hydrogens is 447 g/mol. The Kier molecular flexibility index (Phi) is 5.63. The third-order valence-electron chi connectivity index (χ3n) is 6.10. The number of alkyl halides is 3. The SMILES string of the molecule is O=C(CN1C[C@@H]2C[C@H]1CN2CC(=O)NC1(C(F)(F)F)CC1)Nc1cc(F)c(F)c(Cl)c1. The van der Waals surface area contributed by atoms with E-state index in [1.165, 1.54) is 0 Å². The molecule has 4 rings (SSSR count). The second-order valence-corrected chi connectivity index (χ2v) is 8.74. The Morgan fingerprint density at radius 1 is 1.06 bits per heavy atom. The van der Waals surface area contributed by atoms with Crippen LogP contribution in [-0.2, 0) is 9.59 Å². The van der Waals surface area contributed by atoms with E-state index in [1.807, 2.05) is 9.80 Å². The number of nitrogens with one attached hydrogen (secondary N) is 2. The van der Waals surface area contributed by atoms with E-state index in [0.29, 0.717) is 19.5 Å². The first kappa shape index (κ1) is 22.2. The Labute approximate surface area is 179 Å². The van der Waals surface area contributed by atoms with Crippen molar-refractivity contribution in [2.75, 3.05) is 31.5 Å². The van der Waals surface area contributed by atoms with Crippen molar-refractivity contribution in [1.29, 1.82) is 0 Å². The summed E-state index contributed by atoms with van der Waals surface area (Å²) in [6.45, 7) is 0.830. The topological polar surface area (TPSA) is 64.7 Å². The number of benzene rings is 1. The first-order valence-electron chi connectivity index (χ1n) is 9.78. The molecule has 2 saturated heterocycles. The molecule has 0 spiro atoms. The monoisotopic (exact) mass is 466 g/mol. The number of carbonyl (C=O) groups is 2. The fourth-order valence-electron chi connectivity index (χ4n) is 4.33. The fourth-order valence-corrected chi connectivity index (χ4v) is 4.53. The van der Waals surface area contributed by atoms with Crippen LogP contribution in [0.3, 0.4) is 0 Å². The van der Waals surface area contributed by atoms with E-state index in [1.54, 1.807) is 0 Å². The summed E-state index contributed by atoms with van der Waals surface area (Å²) >= 11 is 5.57. The number of fused-ring (bicyclic) bond motifs is 2. The average Bonchev–Trinajstić information content (AvgIpc) is 3.20. The third-order valence-corrected chi connectivity index (χ3v) is 6.37. The van der Waals surface area contributed by atoms with Crippen LogP contribution in [-0.4, -0.2) is 71.6 Å². The second-order valence-electron chi connectivity index (χ2n) is 8.33. The van der Waals surface area contributed by atoms with E-state index < -0.39 is 40.2 Å². The quantitative estimate of drug-likeness (QED) is 0.499. The van der Waals surface area contributed by atoms with Gasteiger partial charge in [0, 0.05) is 36.9 Å². The van der Waals surface area contributed by atoms with Crippen molar-refractivity contribution < 1.29 is 31.5 Å². The van der Waals surface area contributed by atoms with Crippen LogP contribution in [0.4, 0.5) is 27.6 Å². The van der Waals surface area contributed by atoms with Gasteiger partial charge in [-0.2, -0.15) is 13.2 Å². The molecule has 6 nitrogen and oxygen atoms in total.